The summed E-state index contributed by atoms with van der Waals surface area (Å²) in [6.45, 7) is -0.901. The highest BCUT2D eigenvalue weighted by molar-refractivity contribution is 7.99. The van der Waals surface area contributed by atoms with E-state index in [2.05, 4.69) is 13.8 Å². The lowest BCUT2D eigenvalue weighted by Gasteiger charge is -2.18. The van der Waals surface area contributed by atoms with E-state index < -0.39 is 58.5 Å². The van der Waals surface area contributed by atoms with Crippen LogP contribution >= 0.6 is 27.4 Å². The molecule has 1 aromatic heterocycles. The lowest BCUT2D eigenvalue weighted by Crippen LogP contribution is -2.36. The summed E-state index contributed by atoms with van der Waals surface area (Å²) < 4.78 is 36.2. The number of nitrogens with zero attached hydrogens (tertiary/aromatic N) is 2. The molecule has 0 radical (unpaired) electrons. The van der Waals surface area contributed by atoms with Gasteiger partial charge >= 0.3 is 27.3 Å². The number of aromatic nitrogens is 2. The largest absolute Gasteiger partial charge is 0.481 e. The molecule has 0 amide bonds. The van der Waals surface area contributed by atoms with Gasteiger partial charge in [-0.15, -0.1) is 11.8 Å². The van der Waals surface area contributed by atoms with Gasteiger partial charge < -0.3 is 34.7 Å². The van der Waals surface area contributed by atoms with Crippen molar-refractivity contribution in [3.05, 3.63) is 22.7 Å². The van der Waals surface area contributed by atoms with Crippen LogP contribution in [0, 0.1) is 0 Å². The molecule has 2 heterocycles. The van der Waals surface area contributed by atoms with E-state index in [0.717, 1.165) is 16.3 Å². The van der Waals surface area contributed by atoms with Crippen molar-refractivity contribution >= 4 is 33.4 Å². The summed E-state index contributed by atoms with van der Waals surface area (Å²) in [6, 6.07) is 1.41. The summed E-state index contributed by atoms with van der Waals surface area (Å²) in [5, 5.41) is 29.1. The number of carboxylic acids is 1. The molecule has 0 aromatic carbocycles. The lowest BCUT2D eigenvalue weighted by molar-refractivity contribution is -0.137. The van der Waals surface area contributed by atoms with E-state index in [0.29, 0.717) is 17.2 Å². The fraction of sp³-hybridized carbons (Fsp3) is 0.615. The Balaban J connectivity index is 2.00. The summed E-state index contributed by atoms with van der Waals surface area (Å²) >= 11 is 1.15. The minimum atomic E-state index is -5.34. The van der Waals surface area contributed by atoms with E-state index in [4.69, 9.17) is 19.6 Å². The number of phosphoric acid groups is 2. The van der Waals surface area contributed by atoms with Crippen molar-refractivity contribution in [2.45, 2.75) is 42.4 Å². The zero-order valence-electron chi connectivity index (χ0n) is 15.5. The van der Waals surface area contributed by atoms with Crippen LogP contribution in [-0.4, -0.2) is 76.2 Å². The highest BCUT2D eigenvalue weighted by Gasteiger charge is 2.45. The zero-order valence-corrected chi connectivity index (χ0v) is 18.1. The third-order valence-electron chi connectivity index (χ3n) is 3.81. The molecule has 0 aliphatic carbocycles. The van der Waals surface area contributed by atoms with E-state index in [1.54, 1.807) is 0 Å². The predicted octanol–water partition coefficient (Wildman–Crippen LogP) is -0.954. The molecule has 18 heteroatoms. The predicted molar refractivity (Wildman–Crippen MR) is 101 cm³/mol. The number of phosphoric ester groups is 1. The maximum atomic E-state index is 12.2. The van der Waals surface area contributed by atoms with Gasteiger partial charge in [0, 0.05) is 18.4 Å². The summed E-state index contributed by atoms with van der Waals surface area (Å²) in [7, 11) is -10.5. The Morgan fingerprint density at radius 1 is 1.26 bits per heavy atom. The number of aliphatic hydroxyl groups excluding tert-OH is 2. The van der Waals surface area contributed by atoms with Crippen LogP contribution in [0.3, 0.4) is 0 Å². The van der Waals surface area contributed by atoms with Crippen LogP contribution in [0.5, 0.6) is 0 Å². The highest BCUT2D eigenvalue weighted by Crippen LogP contribution is 2.57. The van der Waals surface area contributed by atoms with E-state index in [1.165, 1.54) is 12.3 Å². The number of rotatable bonds is 11. The molecule has 1 saturated heterocycles. The highest BCUT2D eigenvalue weighted by atomic mass is 32.2. The second kappa shape index (κ2) is 10.6. The van der Waals surface area contributed by atoms with E-state index >= 15 is 0 Å². The maximum Gasteiger partial charge on any atom is 0.481 e. The second-order valence-electron chi connectivity index (χ2n) is 6.18. The Morgan fingerprint density at radius 2 is 1.94 bits per heavy atom. The molecular formula is C13H20N2O13P2S. The van der Waals surface area contributed by atoms with E-state index in [1.807, 2.05) is 0 Å². The van der Waals surface area contributed by atoms with Gasteiger partial charge in [-0.25, -0.2) is 13.9 Å². The third-order valence-corrected chi connectivity index (χ3v) is 6.98. The van der Waals surface area contributed by atoms with Crippen LogP contribution in [0.4, 0.5) is 0 Å². The topological polar surface area (TPSA) is 235 Å². The van der Waals surface area contributed by atoms with Gasteiger partial charge in [-0.3, -0.25) is 13.9 Å². The molecule has 6 N–H and O–H groups in total. The Morgan fingerprint density at radius 3 is 2.52 bits per heavy atom. The van der Waals surface area contributed by atoms with Crippen LogP contribution in [0.15, 0.2) is 22.1 Å². The maximum absolute atomic E-state index is 12.2. The molecule has 15 nitrogen and oxygen atoms in total. The van der Waals surface area contributed by atoms with Crippen molar-refractivity contribution < 1.29 is 57.5 Å². The van der Waals surface area contributed by atoms with Crippen LogP contribution in [-0.2, 0) is 27.5 Å². The van der Waals surface area contributed by atoms with Gasteiger partial charge in [0.15, 0.2) is 6.23 Å². The molecule has 1 aromatic rings. The first-order valence-corrected chi connectivity index (χ1v) is 12.5. The van der Waals surface area contributed by atoms with Gasteiger partial charge in [0.25, 0.3) is 0 Å². The number of aliphatic hydroxyl groups is 2. The molecule has 31 heavy (non-hydrogen) atoms. The lowest BCUT2D eigenvalue weighted by atomic mass is 10.1. The van der Waals surface area contributed by atoms with Gasteiger partial charge in [-0.1, -0.05) is 0 Å². The van der Waals surface area contributed by atoms with E-state index in [9.17, 15) is 33.8 Å². The molecule has 1 aliphatic rings. The molecule has 5 atom stereocenters. The van der Waals surface area contributed by atoms with Crippen molar-refractivity contribution in [2.75, 3.05) is 12.4 Å². The second-order valence-corrected chi connectivity index (χ2v) is 10.1. The molecule has 1 aliphatic heterocycles. The number of thioether (sulfide) groups is 1. The van der Waals surface area contributed by atoms with Crippen molar-refractivity contribution in [1.82, 2.24) is 9.55 Å². The third kappa shape index (κ3) is 8.04. The first kappa shape index (κ1) is 26.1. The van der Waals surface area contributed by atoms with Gasteiger partial charge in [-0.2, -0.15) is 9.29 Å². The quantitative estimate of drug-likeness (QED) is 0.0918. The van der Waals surface area contributed by atoms with Crippen molar-refractivity contribution in [3.8, 4) is 0 Å². The minimum absolute atomic E-state index is 0.0342. The van der Waals surface area contributed by atoms with E-state index in [-0.39, 0.29) is 6.42 Å². The van der Waals surface area contributed by atoms with Crippen molar-refractivity contribution in [2.24, 2.45) is 0 Å². The fourth-order valence-electron chi connectivity index (χ4n) is 2.49. The Kier molecular flexibility index (Phi) is 8.95. The molecule has 1 fully saturated rings. The summed E-state index contributed by atoms with van der Waals surface area (Å²) in [5.74, 6) is -0.541. The number of ether oxygens (including phenoxy) is 1. The van der Waals surface area contributed by atoms with Crippen molar-refractivity contribution in [1.29, 1.82) is 0 Å². The fourth-order valence-corrected chi connectivity index (χ4v) is 4.89. The molecule has 1 unspecified atom stereocenters. The number of aliphatic carboxylic acids is 1. The molecule has 176 valence electrons. The zero-order chi connectivity index (χ0) is 23.4. The summed E-state index contributed by atoms with van der Waals surface area (Å²) in [4.78, 5) is 52.9. The van der Waals surface area contributed by atoms with Crippen LogP contribution < -0.4 is 5.69 Å². The molecule has 0 spiro atoms. The first-order valence-electron chi connectivity index (χ1n) is 8.49. The van der Waals surface area contributed by atoms with Gasteiger partial charge in [0.1, 0.15) is 23.3 Å². The number of carboxylic acid groups (broad SMARTS) is 1. The van der Waals surface area contributed by atoms with Gasteiger partial charge in [0.05, 0.1) is 6.61 Å². The Bertz CT molecular complexity index is 936. The van der Waals surface area contributed by atoms with Crippen molar-refractivity contribution in [3.63, 3.8) is 0 Å². The normalized spacial score (nSPS) is 26.0. The van der Waals surface area contributed by atoms with Crippen LogP contribution in [0.2, 0.25) is 0 Å². The average Bonchev–Trinajstić information content (AvgIpc) is 2.90. The number of hydrogen-bond donors (Lipinski definition) is 6. The minimum Gasteiger partial charge on any atom is -0.481 e. The standard InChI is InChI=1S/C13H20N2O13P2S/c16-9(17)2-1-5-31-8-3-4-15(13(20)14-8)12-11(19)10(18)7(27-12)6-26-30(24,25)28-29(21,22)23/h3-4,7,10-12,18-19H,1-2,5-6H2,(H,16,17)(H,24,25)(H2,21,22,23)/t7-,10-,11-,12-/m1/s1. The molecule has 2 rings (SSSR count). The van der Waals surface area contributed by atoms with Gasteiger partial charge in [0.2, 0.25) is 0 Å². The van der Waals surface area contributed by atoms with Crippen LogP contribution in [0.1, 0.15) is 19.1 Å². The molecule has 0 saturated carbocycles. The first-order chi connectivity index (χ1) is 14.3. The Hall–Kier alpha value is -1.16. The van der Waals surface area contributed by atoms with Gasteiger partial charge in [-0.05, 0) is 12.5 Å². The average molecular weight is 506 g/mol. The summed E-state index contributed by atoms with van der Waals surface area (Å²) in [6.07, 6.45) is -4.67. The SMILES string of the molecule is O=C(O)CCCSc1ccn([C@@H]2O[C@H](COP(=O)(O)OP(=O)(O)O)[C@@H](O)[C@H]2O)c(=O)n1. The van der Waals surface area contributed by atoms with Crippen LogP contribution in [0.25, 0.3) is 0 Å². The number of carbonyl (C=O) groups is 1. The Labute approximate surface area is 178 Å². The molecular weight excluding hydrogens is 486 g/mol. The summed E-state index contributed by atoms with van der Waals surface area (Å²) in [5.41, 5.74) is -0.848. The molecule has 0 bridgehead atoms. The smallest absolute Gasteiger partial charge is 0.481 e. The number of hydrogen-bond acceptors (Lipinski definition) is 11. The monoisotopic (exact) mass is 506 g/mol.